The molecular formula is C27H33F3N4O4. The van der Waals surface area contributed by atoms with Gasteiger partial charge >= 0.3 is 6.18 Å². The van der Waals surface area contributed by atoms with Crippen LogP contribution >= 0.6 is 0 Å². The number of nitrogens with one attached hydrogen (secondary N) is 2. The van der Waals surface area contributed by atoms with Crippen LogP contribution in [0.5, 0.6) is 0 Å². The number of pyridine rings is 1. The Morgan fingerprint density at radius 1 is 1.11 bits per heavy atom. The zero-order valence-corrected chi connectivity index (χ0v) is 21.4. The number of rotatable bonds is 5. The van der Waals surface area contributed by atoms with Crippen LogP contribution in [-0.2, 0) is 19.0 Å². The molecule has 38 heavy (non-hydrogen) atoms. The standard InChI is InChI=1S/C27H33F3N4O4/c1-17-2-3-20(32-26(35)18-4-5-31-24(13-18)27(28,29)30)15-21(17)19-12-22(23-16-37-10-11-38-23)33-25(14-19)34-6-8-36-9-7-34/h2-3,12,14-15,18,23-24,31H,4-11,13,16H2,1H3,(H,32,35)/t18-,23?,24?/m1/s1. The van der Waals surface area contributed by atoms with Gasteiger partial charge in [-0.15, -0.1) is 0 Å². The zero-order valence-electron chi connectivity index (χ0n) is 21.4. The van der Waals surface area contributed by atoms with Crippen LogP contribution in [0.1, 0.15) is 30.2 Å². The third kappa shape index (κ3) is 6.28. The lowest BCUT2D eigenvalue weighted by Crippen LogP contribution is -2.49. The molecule has 11 heteroatoms. The van der Waals surface area contributed by atoms with Gasteiger partial charge in [0.2, 0.25) is 5.91 Å². The molecule has 4 heterocycles. The first-order valence-electron chi connectivity index (χ1n) is 13.0. The van der Waals surface area contributed by atoms with E-state index in [-0.39, 0.29) is 19.1 Å². The van der Waals surface area contributed by atoms with Gasteiger partial charge < -0.3 is 29.7 Å². The summed E-state index contributed by atoms with van der Waals surface area (Å²) < 4.78 is 56.7. The number of aromatic nitrogens is 1. The number of anilines is 2. The molecule has 3 aliphatic rings. The molecule has 0 bridgehead atoms. The van der Waals surface area contributed by atoms with Crippen molar-refractivity contribution in [2.75, 3.05) is 62.9 Å². The van der Waals surface area contributed by atoms with Crippen molar-refractivity contribution in [2.24, 2.45) is 5.92 Å². The largest absolute Gasteiger partial charge is 0.403 e. The number of nitrogens with zero attached hydrogens (tertiary/aromatic N) is 2. The predicted octanol–water partition coefficient (Wildman–Crippen LogP) is 3.85. The first-order chi connectivity index (χ1) is 18.3. The van der Waals surface area contributed by atoms with E-state index < -0.39 is 24.0 Å². The molecule has 2 N–H and O–H groups in total. The Balaban J connectivity index is 1.41. The molecule has 1 amide bonds. The average Bonchev–Trinajstić information content (AvgIpc) is 2.94. The summed E-state index contributed by atoms with van der Waals surface area (Å²) in [6.07, 6.45) is -4.57. The fraction of sp³-hybridized carbons (Fsp3) is 0.556. The highest BCUT2D eigenvalue weighted by Gasteiger charge is 2.43. The minimum absolute atomic E-state index is 0.151. The number of hydrogen-bond donors (Lipinski definition) is 2. The number of hydrogen-bond acceptors (Lipinski definition) is 7. The Kier molecular flexibility index (Phi) is 8.18. The Bertz CT molecular complexity index is 1100. The van der Waals surface area contributed by atoms with Gasteiger partial charge in [0, 0.05) is 24.7 Å². The van der Waals surface area contributed by atoms with Crippen LogP contribution in [0, 0.1) is 12.8 Å². The average molecular weight is 535 g/mol. The van der Waals surface area contributed by atoms with Crippen molar-refractivity contribution in [3.05, 3.63) is 41.6 Å². The van der Waals surface area contributed by atoms with Crippen molar-refractivity contribution in [1.82, 2.24) is 10.3 Å². The molecule has 8 nitrogen and oxygen atoms in total. The summed E-state index contributed by atoms with van der Waals surface area (Å²) in [5, 5.41) is 5.32. The maximum atomic E-state index is 13.2. The van der Waals surface area contributed by atoms with Gasteiger partial charge in [0.25, 0.3) is 0 Å². The molecule has 0 spiro atoms. The number of ether oxygens (including phenoxy) is 3. The van der Waals surface area contributed by atoms with Gasteiger partial charge in [0.05, 0.1) is 38.7 Å². The first kappa shape index (κ1) is 26.9. The second-order valence-corrected chi connectivity index (χ2v) is 9.96. The summed E-state index contributed by atoms with van der Waals surface area (Å²) in [5.74, 6) is -0.291. The molecule has 0 radical (unpaired) electrons. The second kappa shape index (κ2) is 11.6. The van der Waals surface area contributed by atoms with Crippen molar-refractivity contribution in [3.8, 4) is 11.1 Å². The molecule has 206 valence electrons. The Morgan fingerprint density at radius 2 is 1.92 bits per heavy atom. The van der Waals surface area contributed by atoms with Gasteiger partial charge in [-0.2, -0.15) is 13.2 Å². The van der Waals surface area contributed by atoms with Gasteiger partial charge in [-0.1, -0.05) is 6.07 Å². The van der Waals surface area contributed by atoms with Gasteiger partial charge in [0.15, 0.2) is 0 Å². The molecule has 0 aliphatic carbocycles. The Morgan fingerprint density at radius 3 is 2.66 bits per heavy atom. The highest BCUT2D eigenvalue weighted by molar-refractivity contribution is 5.93. The number of amides is 1. The van der Waals surface area contributed by atoms with E-state index in [9.17, 15) is 18.0 Å². The predicted molar refractivity (Wildman–Crippen MR) is 136 cm³/mol. The van der Waals surface area contributed by atoms with E-state index in [0.717, 1.165) is 41.3 Å². The number of alkyl halides is 3. The van der Waals surface area contributed by atoms with E-state index >= 15 is 0 Å². The molecule has 3 saturated heterocycles. The van der Waals surface area contributed by atoms with Crippen LogP contribution < -0.4 is 15.5 Å². The fourth-order valence-electron chi connectivity index (χ4n) is 5.13. The van der Waals surface area contributed by atoms with E-state index in [1.807, 2.05) is 31.2 Å². The quantitative estimate of drug-likeness (QED) is 0.603. The summed E-state index contributed by atoms with van der Waals surface area (Å²) >= 11 is 0. The second-order valence-electron chi connectivity index (χ2n) is 9.96. The maximum absolute atomic E-state index is 13.2. The van der Waals surface area contributed by atoms with E-state index in [1.54, 1.807) is 6.07 Å². The van der Waals surface area contributed by atoms with Crippen molar-refractivity contribution in [3.63, 3.8) is 0 Å². The Hall–Kier alpha value is -2.73. The number of halogens is 3. The van der Waals surface area contributed by atoms with Crippen LogP contribution in [0.25, 0.3) is 11.1 Å². The van der Waals surface area contributed by atoms with Gasteiger partial charge in [0.1, 0.15) is 18.0 Å². The SMILES string of the molecule is Cc1ccc(NC(=O)[C@@H]2CCNC(C(F)(F)F)C2)cc1-c1cc(C2COCCO2)nc(N2CCOCC2)c1. The summed E-state index contributed by atoms with van der Waals surface area (Å²) in [6.45, 7) is 6.29. The summed E-state index contributed by atoms with van der Waals surface area (Å²) in [6, 6.07) is 7.89. The topological polar surface area (TPSA) is 85.0 Å². The molecule has 3 fully saturated rings. The monoisotopic (exact) mass is 534 g/mol. The molecule has 3 atom stereocenters. The van der Waals surface area contributed by atoms with Crippen molar-refractivity contribution >= 4 is 17.4 Å². The van der Waals surface area contributed by atoms with Gasteiger partial charge in [-0.05, 0) is 67.3 Å². The molecule has 1 aromatic heterocycles. The fourth-order valence-corrected chi connectivity index (χ4v) is 5.13. The number of benzene rings is 1. The van der Waals surface area contributed by atoms with Crippen LogP contribution in [-0.4, -0.2) is 75.8 Å². The summed E-state index contributed by atoms with van der Waals surface area (Å²) in [4.78, 5) is 20.0. The number of morpholine rings is 1. The number of carbonyl (C=O) groups excluding carboxylic acids is 1. The number of carbonyl (C=O) groups is 1. The highest BCUT2D eigenvalue weighted by atomic mass is 19.4. The number of aryl methyl sites for hydroxylation is 1. The molecule has 1 aromatic carbocycles. The third-order valence-electron chi connectivity index (χ3n) is 7.30. The normalized spacial score (nSPS) is 24.7. The van der Waals surface area contributed by atoms with E-state index in [0.29, 0.717) is 45.1 Å². The summed E-state index contributed by atoms with van der Waals surface area (Å²) in [5.41, 5.74) is 4.12. The zero-order chi connectivity index (χ0) is 26.7. The molecule has 2 aromatic rings. The lowest BCUT2D eigenvalue weighted by atomic mass is 9.91. The van der Waals surface area contributed by atoms with E-state index in [1.165, 1.54) is 0 Å². The smallest absolute Gasteiger partial charge is 0.378 e. The van der Waals surface area contributed by atoms with E-state index in [2.05, 4.69) is 15.5 Å². The van der Waals surface area contributed by atoms with Crippen molar-refractivity contribution < 1.29 is 32.2 Å². The van der Waals surface area contributed by atoms with Crippen LogP contribution in [0.2, 0.25) is 0 Å². The summed E-state index contributed by atoms with van der Waals surface area (Å²) in [7, 11) is 0. The molecule has 3 aliphatic heterocycles. The highest BCUT2D eigenvalue weighted by Crippen LogP contribution is 2.34. The van der Waals surface area contributed by atoms with Crippen LogP contribution in [0.4, 0.5) is 24.7 Å². The minimum atomic E-state index is -4.37. The van der Waals surface area contributed by atoms with Gasteiger partial charge in [-0.3, -0.25) is 4.79 Å². The van der Waals surface area contributed by atoms with Crippen LogP contribution in [0.15, 0.2) is 30.3 Å². The van der Waals surface area contributed by atoms with Crippen molar-refractivity contribution in [2.45, 2.75) is 38.1 Å². The lowest BCUT2D eigenvalue weighted by molar-refractivity contribution is -0.164. The minimum Gasteiger partial charge on any atom is -0.378 e. The number of piperidine rings is 1. The maximum Gasteiger partial charge on any atom is 0.403 e. The third-order valence-corrected chi connectivity index (χ3v) is 7.30. The first-order valence-corrected chi connectivity index (χ1v) is 13.0. The van der Waals surface area contributed by atoms with Crippen LogP contribution in [0.3, 0.4) is 0 Å². The van der Waals surface area contributed by atoms with E-state index in [4.69, 9.17) is 19.2 Å². The lowest BCUT2D eigenvalue weighted by Gasteiger charge is -2.31. The molecule has 2 unspecified atom stereocenters. The van der Waals surface area contributed by atoms with Gasteiger partial charge in [-0.25, -0.2) is 4.98 Å². The molecule has 0 saturated carbocycles. The van der Waals surface area contributed by atoms with Crippen molar-refractivity contribution in [1.29, 1.82) is 0 Å². The molecular weight excluding hydrogens is 501 g/mol. The molecule has 5 rings (SSSR count). The Labute approximate surface area is 219 Å².